The Morgan fingerprint density at radius 1 is 1.11 bits per heavy atom. The largest absolute Gasteiger partial charge is 0.297 e. The molecule has 0 aliphatic rings. The molecule has 0 fully saturated rings. The van der Waals surface area contributed by atoms with Crippen LogP contribution in [0.2, 0.25) is 5.02 Å². The minimum atomic E-state index is 0.548. The first-order valence-corrected chi connectivity index (χ1v) is 6.75. The molecule has 2 aromatic carbocycles. The van der Waals surface area contributed by atoms with Crippen LogP contribution in [-0.4, -0.2) is 0 Å². The van der Waals surface area contributed by atoms with Crippen LogP contribution >= 0.6 is 27.5 Å². The molecule has 0 atom stereocenters. The zero-order valence-corrected chi connectivity index (χ0v) is 12.0. The molecule has 4 heteroatoms. The van der Waals surface area contributed by atoms with Gasteiger partial charge in [-0.05, 0) is 23.3 Å². The summed E-state index contributed by atoms with van der Waals surface area (Å²) >= 11 is 9.34. The SMILES string of the molecule is Clc1ccc(CNOCc2ccccc2)c(Br)c1. The van der Waals surface area contributed by atoms with Crippen LogP contribution in [0.1, 0.15) is 11.1 Å². The molecule has 0 spiro atoms. The van der Waals surface area contributed by atoms with Gasteiger partial charge in [0.25, 0.3) is 0 Å². The molecule has 2 nitrogen and oxygen atoms in total. The molecule has 0 amide bonds. The first-order valence-electron chi connectivity index (χ1n) is 5.58. The molecular formula is C14H13BrClNO. The van der Waals surface area contributed by atoms with Crippen LogP contribution in [0, 0.1) is 0 Å². The Kier molecular flexibility index (Phi) is 5.20. The number of hydrogen-bond donors (Lipinski definition) is 1. The molecule has 2 aromatic rings. The number of hydroxylamine groups is 1. The van der Waals surface area contributed by atoms with E-state index in [1.54, 1.807) is 0 Å². The average Bonchev–Trinajstić information content (AvgIpc) is 2.38. The highest BCUT2D eigenvalue weighted by atomic mass is 79.9. The van der Waals surface area contributed by atoms with Crippen LogP contribution in [-0.2, 0) is 18.0 Å². The molecule has 0 aliphatic heterocycles. The van der Waals surface area contributed by atoms with E-state index in [0.717, 1.165) is 20.6 Å². The van der Waals surface area contributed by atoms with Gasteiger partial charge in [0.05, 0.1) is 6.61 Å². The van der Waals surface area contributed by atoms with Crippen molar-refractivity contribution in [3.8, 4) is 0 Å². The summed E-state index contributed by atoms with van der Waals surface area (Å²) in [7, 11) is 0. The molecule has 0 saturated heterocycles. The van der Waals surface area contributed by atoms with Gasteiger partial charge in [-0.1, -0.05) is 63.9 Å². The summed E-state index contributed by atoms with van der Waals surface area (Å²) in [6.45, 7) is 1.18. The van der Waals surface area contributed by atoms with Gasteiger partial charge in [-0.15, -0.1) is 0 Å². The van der Waals surface area contributed by atoms with Crippen LogP contribution in [0.15, 0.2) is 53.0 Å². The molecule has 94 valence electrons. The van der Waals surface area contributed by atoms with Gasteiger partial charge in [0.15, 0.2) is 0 Å². The van der Waals surface area contributed by atoms with Crippen LogP contribution in [0.3, 0.4) is 0 Å². The van der Waals surface area contributed by atoms with E-state index in [4.69, 9.17) is 16.4 Å². The fourth-order valence-corrected chi connectivity index (χ4v) is 2.33. The number of halogens is 2. The first kappa shape index (κ1) is 13.6. The zero-order chi connectivity index (χ0) is 12.8. The van der Waals surface area contributed by atoms with Crippen molar-refractivity contribution in [2.24, 2.45) is 0 Å². The van der Waals surface area contributed by atoms with Gasteiger partial charge in [-0.3, -0.25) is 4.84 Å². The van der Waals surface area contributed by atoms with E-state index in [9.17, 15) is 0 Å². The Morgan fingerprint density at radius 3 is 2.61 bits per heavy atom. The summed E-state index contributed by atoms with van der Waals surface area (Å²) in [5.74, 6) is 0. The maximum atomic E-state index is 5.88. The normalized spacial score (nSPS) is 10.6. The van der Waals surface area contributed by atoms with Crippen molar-refractivity contribution < 1.29 is 4.84 Å². The summed E-state index contributed by atoms with van der Waals surface area (Å²) < 4.78 is 0.978. The lowest BCUT2D eigenvalue weighted by Gasteiger charge is -2.08. The second-order valence-electron chi connectivity index (χ2n) is 3.83. The van der Waals surface area contributed by atoms with Gasteiger partial charge in [-0.2, -0.15) is 5.48 Å². The molecule has 1 N–H and O–H groups in total. The van der Waals surface area contributed by atoms with Gasteiger partial charge in [0.2, 0.25) is 0 Å². The number of nitrogens with one attached hydrogen (secondary N) is 1. The Hall–Kier alpha value is -0.870. The predicted molar refractivity (Wildman–Crippen MR) is 77.2 cm³/mol. The fraction of sp³-hybridized carbons (Fsp3) is 0.143. The Morgan fingerprint density at radius 2 is 1.89 bits per heavy atom. The van der Waals surface area contributed by atoms with Gasteiger partial charge < -0.3 is 0 Å². The molecular weight excluding hydrogens is 314 g/mol. The topological polar surface area (TPSA) is 21.3 Å². The maximum Gasteiger partial charge on any atom is 0.0933 e. The highest BCUT2D eigenvalue weighted by Gasteiger charge is 2.00. The van der Waals surface area contributed by atoms with Crippen molar-refractivity contribution in [2.75, 3.05) is 0 Å². The van der Waals surface area contributed by atoms with Crippen LogP contribution in [0.4, 0.5) is 0 Å². The predicted octanol–water partition coefficient (Wildman–Crippen LogP) is 4.32. The number of rotatable bonds is 5. The van der Waals surface area contributed by atoms with Gasteiger partial charge >= 0.3 is 0 Å². The standard InChI is InChI=1S/C14H13BrClNO/c15-14-8-13(16)7-6-12(14)9-17-18-10-11-4-2-1-3-5-11/h1-8,17H,9-10H2. The second kappa shape index (κ2) is 6.90. The van der Waals surface area contributed by atoms with E-state index < -0.39 is 0 Å². The number of hydrogen-bond acceptors (Lipinski definition) is 2. The van der Waals surface area contributed by atoms with Crippen molar-refractivity contribution in [2.45, 2.75) is 13.2 Å². The van der Waals surface area contributed by atoms with Crippen LogP contribution in [0.5, 0.6) is 0 Å². The molecule has 0 aromatic heterocycles. The summed E-state index contributed by atoms with van der Waals surface area (Å²) in [6, 6.07) is 15.7. The van der Waals surface area contributed by atoms with E-state index in [2.05, 4.69) is 21.4 Å². The van der Waals surface area contributed by atoms with Crippen LogP contribution in [0.25, 0.3) is 0 Å². The first-order chi connectivity index (χ1) is 8.75. The monoisotopic (exact) mass is 325 g/mol. The summed E-state index contributed by atoms with van der Waals surface area (Å²) in [4.78, 5) is 5.41. The van der Waals surface area contributed by atoms with Crippen molar-refractivity contribution in [1.82, 2.24) is 5.48 Å². The van der Waals surface area contributed by atoms with E-state index in [-0.39, 0.29) is 0 Å². The van der Waals surface area contributed by atoms with Gasteiger partial charge in [0.1, 0.15) is 0 Å². The smallest absolute Gasteiger partial charge is 0.0933 e. The summed E-state index contributed by atoms with van der Waals surface area (Å²) in [5, 5.41) is 0.718. The van der Waals surface area contributed by atoms with Crippen molar-refractivity contribution in [3.05, 3.63) is 69.2 Å². The van der Waals surface area contributed by atoms with Crippen molar-refractivity contribution in [1.29, 1.82) is 0 Å². The molecule has 0 bridgehead atoms. The van der Waals surface area contributed by atoms with Crippen molar-refractivity contribution >= 4 is 27.5 Å². The number of benzene rings is 2. The zero-order valence-electron chi connectivity index (χ0n) is 9.70. The lowest BCUT2D eigenvalue weighted by Crippen LogP contribution is -2.14. The maximum absolute atomic E-state index is 5.88. The van der Waals surface area contributed by atoms with E-state index in [1.807, 2.05) is 48.5 Å². The lowest BCUT2D eigenvalue weighted by molar-refractivity contribution is 0.0234. The van der Waals surface area contributed by atoms with Gasteiger partial charge in [0, 0.05) is 16.0 Å². The summed E-state index contributed by atoms with van der Waals surface area (Å²) in [5.41, 5.74) is 5.18. The van der Waals surface area contributed by atoms with E-state index in [0.29, 0.717) is 13.2 Å². The fourth-order valence-electron chi connectivity index (χ4n) is 1.50. The molecule has 0 saturated carbocycles. The highest BCUT2D eigenvalue weighted by molar-refractivity contribution is 9.10. The third-order valence-electron chi connectivity index (χ3n) is 2.46. The average molecular weight is 327 g/mol. The molecule has 0 unspecified atom stereocenters. The van der Waals surface area contributed by atoms with Crippen molar-refractivity contribution in [3.63, 3.8) is 0 Å². The minimum absolute atomic E-state index is 0.548. The molecule has 0 aliphatic carbocycles. The molecule has 0 radical (unpaired) electrons. The quantitative estimate of drug-likeness (QED) is 0.652. The van der Waals surface area contributed by atoms with E-state index in [1.165, 1.54) is 0 Å². The second-order valence-corrected chi connectivity index (χ2v) is 5.12. The van der Waals surface area contributed by atoms with Gasteiger partial charge in [-0.25, -0.2) is 0 Å². The summed E-state index contributed by atoms with van der Waals surface area (Å²) in [6.07, 6.45) is 0. The third kappa shape index (κ3) is 4.10. The van der Waals surface area contributed by atoms with E-state index >= 15 is 0 Å². The van der Waals surface area contributed by atoms with Crippen LogP contribution < -0.4 is 5.48 Å². The highest BCUT2D eigenvalue weighted by Crippen LogP contribution is 2.21. The Labute approximate surface area is 120 Å². The lowest BCUT2D eigenvalue weighted by atomic mass is 10.2. The Bertz CT molecular complexity index is 504. The molecule has 0 heterocycles. The third-order valence-corrected chi connectivity index (χ3v) is 3.43. The Balaban J connectivity index is 1.79. The molecule has 18 heavy (non-hydrogen) atoms. The minimum Gasteiger partial charge on any atom is -0.297 e. The molecule has 2 rings (SSSR count).